The lowest BCUT2D eigenvalue weighted by molar-refractivity contribution is 0.193. The van der Waals surface area contributed by atoms with Crippen molar-refractivity contribution in [2.75, 3.05) is 20.1 Å². The van der Waals surface area contributed by atoms with E-state index in [0.717, 1.165) is 10.9 Å². The molecule has 1 fully saturated rings. The Labute approximate surface area is 107 Å². The van der Waals surface area contributed by atoms with Crippen LogP contribution in [0.5, 0.6) is 0 Å². The average Bonchev–Trinajstić information content (AvgIpc) is 2.87. The normalized spacial score (nSPS) is 23.8. The van der Waals surface area contributed by atoms with Crippen LogP contribution in [0.15, 0.2) is 12.1 Å². The third-order valence-corrected chi connectivity index (χ3v) is 4.77. The minimum absolute atomic E-state index is 0.498. The maximum Gasteiger partial charge on any atom is 0.0931 e. The van der Waals surface area contributed by atoms with Gasteiger partial charge in [0.1, 0.15) is 0 Å². The first kappa shape index (κ1) is 12.4. The zero-order valence-corrected chi connectivity index (χ0v) is 11.4. The molecule has 1 aliphatic heterocycles. The molecule has 2 nitrogen and oxygen atoms in total. The van der Waals surface area contributed by atoms with Crippen molar-refractivity contribution in [2.24, 2.45) is 0 Å². The Bertz CT molecular complexity index is 340. The lowest BCUT2D eigenvalue weighted by atomic mass is 10.2. The van der Waals surface area contributed by atoms with Gasteiger partial charge in [0, 0.05) is 23.5 Å². The molecule has 1 aliphatic rings. The number of nitrogens with zero attached hydrogens (tertiary/aromatic N) is 1. The summed E-state index contributed by atoms with van der Waals surface area (Å²) in [5.74, 6) is 0. The quantitative estimate of drug-likeness (QED) is 0.893. The van der Waals surface area contributed by atoms with Crippen molar-refractivity contribution >= 4 is 22.9 Å². The zero-order valence-electron chi connectivity index (χ0n) is 9.87. The second-order valence-electron chi connectivity index (χ2n) is 4.41. The number of likely N-dealkylation sites (tertiary alicyclic amines) is 1. The standard InChI is InChI=1S/C12H19ClN2S/c1-9(11-5-6-12(13)16-11)15-7-3-4-10(15)8-14-2/h5-6,9-10,14H,3-4,7-8H2,1-2H3. The van der Waals surface area contributed by atoms with E-state index in [2.05, 4.69) is 23.2 Å². The maximum absolute atomic E-state index is 6.00. The van der Waals surface area contributed by atoms with E-state index in [-0.39, 0.29) is 0 Å². The lowest BCUT2D eigenvalue weighted by Crippen LogP contribution is -2.38. The largest absolute Gasteiger partial charge is 0.318 e. The molecule has 2 heterocycles. The SMILES string of the molecule is CNCC1CCCN1C(C)c1ccc(Cl)s1. The predicted octanol–water partition coefficient (Wildman–Crippen LogP) is 3.15. The maximum atomic E-state index is 6.00. The second-order valence-corrected chi connectivity index (χ2v) is 6.16. The van der Waals surface area contributed by atoms with Gasteiger partial charge in [0.15, 0.2) is 0 Å². The van der Waals surface area contributed by atoms with Gasteiger partial charge >= 0.3 is 0 Å². The Kier molecular flexibility index (Phi) is 4.25. The first-order valence-electron chi connectivity index (χ1n) is 5.88. The molecule has 0 aliphatic carbocycles. The monoisotopic (exact) mass is 258 g/mol. The van der Waals surface area contributed by atoms with Gasteiger partial charge in [0.2, 0.25) is 0 Å². The van der Waals surface area contributed by atoms with E-state index in [1.165, 1.54) is 24.3 Å². The van der Waals surface area contributed by atoms with Crippen LogP contribution in [-0.2, 0) is 0 Å². The fraction of sp³-hybridized carbons (Fsp3) is 0.667. The molecule has 2 rings (SSSR count). The van der Waals surface area contributed by atoms with Gasteiger partial charge in [0.25, 0.3) is 0 Å². The van der Waals surface area contributed by atoms with Crippen molar-refractivity contribution in [3.8, 4) is 0 Å². The van der Waals surface area contributed by atoms with E-state index in [0.29, 0.717) is 12.1 Å². The van der Waals surface area contributed by atoms with E-state index in [1.54, 1.807) is 11.3 Å². The summed E-state index contributed by atoms with van der Waals surface area (Å²) in [4.78, 5) is 3.98. The first-order valence-corrected chi connectivity index (χ1v) is 7.07. The Morgan fingerprint density at radius 1 is 1.62 bits per heavy atom. The van der Waals surface area contributed by atoms with Gasteiger partial charge in [-0.25, -0.2) is 0 Å². The van der Waals surface area contributed by atoms with Gasteiger partial charge in [0.05, 0.1) is 4.34 Å². The highest BCUT2D eigenvalue weighted by molar-refractivity contribution is 7.16. The van der Waals surface area contributed by atoms with E-state index in [1.807, 2.05) is 13.1 Å². The van der Waals surface area contributed by atoms with Gasteiger partial charge < -0.3 is 5.32 Å². The summed E-state index contributed by atoms with van der Waals surface area (Å²) < 4.78 is 0.895. The van der Waals surface area contributed by atoms with Crippen LogP contribution in [0.2, 0.25) is 4.34 Å². The van der Waals surface area contributed by atoms with Crippen LogP contribution in [0, 0.1) is 0 Å². The molecule has 2 unspecified atom stereocenters. The summed E-state index contributed by atoms with van der Waals surface area (Å²) in [6.07, 6.45) is 2.63. The molecule has 0 spiro atoms. The highest BCUT2D eigenvalue weighted by atomic mass is 35.5. The van der Waals surface area contributed by atoms with E-state index in [9.17, 15) is 0 Å². The Balaban J connectivity index is 2.05. The number of likely N-dealkylation sites (N-methyl/N-ethyl adjacent to an activating group) is 1. The minimum Gasteiger partial charge on any atom is -0.318 e. The molecule has 0 amide bonds. The van der Waals surface area contributed by atoms with E-state index >= 15 is 0 Å². The summed E-state index contributed by atoms with van der Waals surface area (Å²) in [6, 6.07) is 5.34. The summed E-state index contributed by atoms with van der Waals surface area (Å²) in [5.41, 5.74) is 0. The minimum atomic E-state index is 0.498. The number of rotatable bonds is 4. The Morgan fingerprint density at radius 3 is 3.06 bits per heavy atom. The lowest BCUT2D eigenvalue weighted by Gasteiger charge is -2.30. The van der Waals surface area contributed by atoms with Crippen LogP contribution in [0.3, 0.4) is 0 Å². The van der Waals surface area contributed by atoms with Gasteiger partial charge in [-0.3, -0.25) is 4.90 Å². The van der Waals surface area contributed by atoms with Crippen molar-refractivity contribution in [2.45, 2.75) is 31.8 Å². The van der Waals surface area contributed by atoms with Crippen LogP contribution in [0.25, 0.3) is 0 Å². The van der Waals surface area contributed by atoms with Crippen LogP contribution in [0.4, 0.5) is 0 Å². The van der Waals surface area contributed by atoms with Crippen molar-refractivity contribution in [1.29, 1.82) is 0 Å². The van der Waals surface area contributed by atoms with Gasteiger partial charge in [-0.2, -0.15) is 0 Å². The van der Waals surface area contributed by atoms with Gasteiger partial charge in [-0.1, -0.05) is 11.6 Å². The van der Waals surface area contributed by atoms with E-state index in [4.69, 9.17) is 11.6 Å². The highest BCUT2D eigenvalue weighted by Gasteiger charge is 2.29. The van der Waals surface area contributed by atoms with E-state index < -0.39 is 0 Å². The molecule has 0 saturated carbocycles. The summed E-state index contributed by atoms with van der Waals surface area (Å²) in [6.45, 7) is 4.59. The molecule has 1 aromatic rings. The Hall–Kier alpha value is -0.0900. The number of nitrogens with one attached hydrogen (secondary N) is 1. The number of hydrogen-bond donors (Lipinski definition) is 1. The fourth-order valence-corrected chi connectivity index (χ4v) is 3.67. The molecular formula is C12H19ClN2S. The zero-order chi connectivity index (χ0) is 11.5. The number of hydrogen-bond acceptors (Lipinski definition) is 3. The van der Waals surface area contributed by atoms with Crippen LogP contribution >= 0.6 is 22.9 Å². The third-order valence-electron chi connectivity index (χ3n) is 3.37. The molecule has 2 atom stereocenters. The Morgan fingerprint density at radius 2 is 2.44 bits per heavy atom. The molecule has 0 bridgehead atoms. The molecule has 1 aromatic heterocycles. The number of thiophene rings is 1. The van der Waals surface area contributed by atoms with Crippen LogP contribution < -0.4 is 5.32 Å². The smallest absolute Gasteiger partial charge is 0.0931 e. The van der Waals surface area contributed by atoms with Gasteiger partial charge in [-0.05, 0) is 45.5 Å². The molecule has 0 radical (unpaired) electrons. The van der Waals surface area contributed by atoms with Crippen LogP contribution in [0.1, 0.15) is 30.7 Å². The van der Waals surface area contributed by atoms with Crippen molar-refractivity contribution < 1.29 is 0 Å². The third kappa shape index (κ3) is 2.59. The number of halogens is 1. The molecule has 16 heavy (non-hydrogen) atoms. The molecule has 1 N–H and O–H groups in total. The average molecular weight is 259 g/mol. The molecule has 4 heteroatoms. The topological polar surface area (TPSA) is 15.3 Å². The predicted molar refractivity (Wildman–Crippen MR) is 71.4 cm³/mol. The molecule has 1 saturated heterocycles. The molecular weight excluding hydrogens is 240 g/mol. The first-order chi connectivity index (χ1) is 7.72. The van der Waals surface area contributed by atoms with Crippen LogP contribution in [-0.4, -0.2) is 31.1 Å². The van der Waals surface area contributed by atoms with Gasteiger partial charge in [-0.15, -0.1) is 11.3 Å². The highest BCUT2D eigenvalue weighted by Crippen LogP contribution is 2.34. The summed E-state index contributed by atoms with van der Waals surface area (Å²) in [5, 5.41) is 3.29. The fourth-order valence-electron chi connectivity index (χ4n) is 2.54. The summed E-state index contributed by atoms with van der Waals surface area (Å²) >= 11 is 7.70. The summed E-state index contributed by atoms with van der Waals surface area (Å²) in [7, 11) is 2.03. The van der Waals surface area contributed by atoms with Crippen molar-refractivity contribution in [3.05, 3.63) is 21.3 Å². The second kappa shape index (κ2) is 5.50. The van der Waals surface area contributed by atoms with Crippen molar-refractivity contribution in [1.82, 2.24) is 10.2 Å². The molecule has 90 valence electrons. The van der Waals surface area contributed by atoms with Crippen molar-refractivity contribution in [3.63, 3.8) is 0 Å². The molecule has 0 aromatic carbocycles.